The second-order valence-corrected chi connectivity index (χ2v) is 5.20. The predicted molar refractivity (Wildman–Crippen MR) is 84.1 cm³/mol. The zero-order chi connectivity index (χ0) is 14.4. The van der Waals surface area contributed by atoms with Gasteiger partial charge in [0.25, 0.3) is 0 Å². The molecule has 2 heteroatoms. The highest BCUT2D eigenvalue weighted by molar-refractivity contribution is 5.34. The fraction of sp³-hybridized carbons (Fsp3) is 0.333. The number of nitrogens with two attached hydrogens (primary N) is 1. The topological polar surface area (TPSA) is 35.2 Å². The fourth-order valence-corrected chi connectivity index (χ4v) is 2.33. The third kappa shape index (κ3) is 3.84. The summed E-state index contributed by atoms with van der Waals surface area (Å²) in [6, 6.07) is 14.6. The van der Waals surface area contributed by atoms with Crippen LogP contribution in [0, 0.1) is 13.8 Å². The quantitative estimate of drug-likeness (QED) is 0.866. The van der Waals surface area contributed by atoms with Crippen molar-refractivity contribution < 1.29 is 4.74 Å². The fourth-order valence-electron chi connectivity index (χ4n) is 2.33. The molecule has 0 aromatic heterocycles. The lowest BCUT2D eigenvalue weighted by atomic mass is 10.0. The normalized spacial score (nSPS) is 10.6. The second-order valence-electron chi connectivity index (χ2n) is 5.20. The van der Waals surface area contributed by atoms with Gasteiger partial charge in [-0.05, 0) is 67.6 Å². The maximum absolute atomic E-state index is 5.94. The second kappa shape index (κ2) is 7.11. The van der Waals surface area contributed by atoms with E-state index in [1.807, 2.05) is 12.1 Å². The third-order valence-electron chi connectivity index (χ3n) is 3.60. The average molecular weight is 269 g/mol. The molecular formula is C18H23NO. The van der Waals surface area contributed by atoms with Gasteiger partial charge in [-0.15, -0.1) is 0 Å². The highest BCUT2D eigenvalue weighted by Crippen LogP contribution is 2.19. The van der Waals surface area contributed by atoms with Gasteiger partial charge < -0.3 is 10.5 Å². The minimum atomic E-state index is 0.624. The molecule has 2 N–H and O–H groups in total. The van der Waals surface area contributed by atoms with Crippen molar-refractivity contribution >= 4 is 0 Å². The van der Waals surface area contributed by atoms with E-state index in [4.69, 9.17) is 10.5 Å². The van der Waals surface area contributed by atoms with Crippen molar-refractivity contribution in [3.63, 3.8) is 0 Å². The number of hydrogen-bond acceptors (Lipinski definition) is 2. The molecule has 0 saturated heterocycles. The van der Waals surface area contributed by atoms with Crippen LogP contribution in [-0.2, 0) is 13.0 Å². The molecule has 0 bridgehead atoms. The molecule has 0 aliphatic heterocycles. The summed E-state index contributed by atoms with van der Waals surface area (Å²) >= 11 is 0. The lowest BCUT2D eigenvalue weighted by Crippen LogP contribution is -2.02. The Balaban J connectivity index is 2.03. The highest BCUT2D eigenvalue weighted by atomic mass is 16.5. The molecule has 0 spiro atoms. The van der Waals surface area contributed by atoms with E-state index in [0.29, 0.717) is 6.61 Å². The zero-order valence-electron chi connectivity index (χ0n) is 12.4. The molecule has 0 radical (unpaired) electrons. The Morgan fingerprint density at radius 1 is 1.00 bits per heavy atom. The molecule has 0 aliphatic carbocycles. The van der Waals surface area contributed by atoms with Crippen LogP contribution in [0.2, 0.25) is 0 Å². The van der Waals surface area contributed by atoms with Crippen molar-refractivity contribution in [1.29, 1.82) is 0 Å². The molecule has 0 saturated carbocycles. The molecule has 0 aliphatic rings. The first kappa shape index (κ1) is 14.6. The van der Waals surface area contributed by atoms with Crippen molar-refractivity contribution in [2.45, 2.75) is 33.3 Å². The van der Waals surface area contributed by atoms with Crippen molar-refractivity contribution in [2.75, 3.05) is 6.54 Å². The monoisotopic (exact) mass is 269 g/mol. The molecule has 0 unspecified atom stereocenters. The van der Waals surface area contributed by atoms with E-state index in [1.165, 1.54) is 22.3 Å². The first-order valence-electron chi connectivity index (χ1n) is 7.17. The summed E-state index contributed by atoms with van der Waals surface area (Å²) in [6.45, 7) is 5.61. The molecule has 0 amide bonds. The number of benzene rings is 2. The van der Waals surface area contributed by atoms with Gasteiger partial charge >= 0.3 is 0 Å². The van der Waals surface area contributed by atoms with Gasteiger partial charge in [0.15, 0.2) is 0 Å². The van der Waals surface area contributed by atoms with Gasteiger partial charge in [-0.1, -0.05) is 30.3 Å². The van der Waals surface area contributed by atoms with E-state index >= 15 is 0 Å². The summed E-state index contributed by atoms with van der Waals surface area (Å²) < 4.78 is 5.94. The molecule has 2 nitrogen and oxygen atoms in total. The van der Waals surface area contributed by atoms with Crippen molar-refractivity contribution in [2.24, 2.45) is 5.73 Å². The van der Waals surface area contributed by atoms with Crippen LogP contribution in [0.15, 0.2) is 42.5 Å². The molecule has 0 atom stereocenters. The predicted octanol–water partition coefficient (Wildman–Crippen LogP) is 3.77. The third-order valence-corrected chi connectivity index (χ3v) is 3.60. The average Bonchev–Trinajstić information content (AvgIpc) is 2.45. The summed E-state index contributed by atoms with van der Waals surface area (Å²) in [7, 11) is 0. The minimum absolute atomic E-state index is 0.624. The van der Waals surface area contributed by atoms with E-state index in [0.717, 1.165) is 25.1 Å². The lowest BCUT2D eigenvalue weighted by Gasteiger charge is -2.12. The van der Waals surface area contributed by atoms with Crippen LogP contribution in [0.3, 0.4) is 0 Å². The SMILES string of the molecule is Cc1cccc(C)c1COc1cccc(CCCN)c1. The standard InChI is InChI=1S/C18H23NO/c1-14-6-3-7-15(2)18(14)13-20-17-10-4-8-16(12-17)9-5-11-19/h3-4,6-8,10,12H,5,9,11,13,19H2,1-2H3. The molecule has 2 aromatic carbocycles. The van der Waals surface area contributed by atoms with Crippen LogP contribution >= 0.6 is 0 Å². The number of aryl methyl sites for hydroxylation is 3. The van der Waals surface area contributed by atoms with Crippen LogP contribution in [0.25, 0.3) is 0 Å². The lowest BCUT2D eigenvalue weighted by molar-refractivity contribution is 0.304. The number of ether oxygens (including phenoxy) is 1. The summed E-state index contributed by atoms with van der Waals surface area (Å²) in [6.07, 6.45) is 2.03. The first-order chi connectivity index (χ1) is 9.70. The molecule has 2 rings (SSSR count). The van der Waals surface area contributed by atoms with Gasteiger partial charge in [-0.25, -0.2) is 0 Å². The van der Waals surface area contributed by atoms with Crippen molar-refractivity contribution in [3.05, 3.63) is 64.7 Å². The van der Waals surface area contributed by atoms with E-state index in [2.05, 4.69) is 44.2 Å². The smallest absolute Gasteiger partial charge is 0.120 e. The maximum atomic E-state index is 5.94. The van der Waals surface area contributed by atoms with Crippen LogP contribution in [0.1, 0.15) is 28.7 Å². The Morgan fingerprint density at radius 3 is 2.40 bits per heavy atom. The molecule has 106 valence electrons. The zero-order valence-corrected chi connectivity index (χ0v) is 12.4. The summed E-state index contributed by atoms with van der Waals surface area (Å²) in [5, 5.41) is 0. The summed E-state index contributed by atoms with van der Waals surface area (Å²) in [4.78, 5) is 0. The van der Waals surface area contributed by atoms with Gasteiger partial charge in [0.1, 0.15) is 12.4 Å². The van der Waals surface area contributed by atoms with Gasteiger partial charge in [-0.3, -0.25) is 0 Å². The van der Waals surface area contributed by atoms with Crippen LogP contribution in [0.4, 0.5) is 0 Å². The van der Waals surface area contributed by atoms with Gasteiger partial charge in [-0.2, -0.15) is 0 Å². The minimum Gasteiger partial charge on any atom is -0.489 e. The maximum Gasteiger partial charge on any atom is 0.120 e. The van der Waals surface area contributed by atoms with Crippen LogP contribution < -0.4 is 10.5 Å². The highest BCUT2D eigenvalue weighted by Gasteiger charge is 2.03. The molecule has 2 aromatic rings. The van der Waals surface area contributed by atoms with E-state index in [1.54, 1.807) is 0 Å². The number of rotatable bonds is 6. The Labute approximate surface area is 121 Å². The van der Waals surface area contributed by atoms with Gasteiger partial charge in [0.05, 0.1) is 0 Å². The first-order valence-corrected chi connectivity index (χ1v) is 7.17. The van der Waals surface area contributed by atoms with E-state index in [-0.39, 0.29) is 0 Å². The molecule has 0 fully saturated rings. The Hall–Kier alpha value is -1.80. The molecule has 0 heterocycles. The van der Waals surface area contributed by atoms with E-state index in [9.17, 15) is 0 Å². The van der Waals surface area contributed by atoms with Gasteiger partial charge in [0, 0.05) is 0 Å². The summed E-state index contributed by atoms with van der Waals surface area (Å²) in [5.74, 6) is 0.933. The Bertz CT molecular complexity index is 543. The largest absolute Gasteiger partial charge is 0.489 e. The Kier molecular flexibility index (Phi) is 5.19. The van der Waals surface area contributed by atoms with Crippen molar-refractivity contribution in [1.82, 2.24) is 0 Å². The van der Waals surface area contributed by atoms with Crippen LogP contribution in [-0.4, -0.2) is 6.54 Å². The summed E-state index contributed by atoms with van der Waals surface area (Å²) in [5.41, 5.74) is 10.7. The number of hydrogen-bond donors (Lipinski definition) is 1. The molecular weight excluding hydrogens is 246 g/mol. The van der Waals surface area contributed by atoms with Crippen LogP contribution in [0.5, 0.6) is 5.75 Å². The van der Waals surface area contributed by atoms with Gasteiger partial charge in [0.2, 0.25) is 0 Å². The van der Waals surface area contributed by atoms with E-state index < -0.39 is 0 Å². The van der Waals surface area contributed by atoms with Crippen molar-refractivity contribution in [3.8, 4) is 5.75 Å². The molecule has 20 heavy (non-hydrogen) atoms. The Morgan fingerprint density at radius 2 is 1.70 bits per heavy atom.